The molecule has 0 bridgehead atoms. The van der Waals surface area contributed by atoms with Crippen LogP contribution in [0.25, 0.3) is 0 Å². The molecule has 0 aliphatic heterocycles. The molecule has 18 heavy (non-hydrogen) atoms. The minimum absolute atomic E-state index is 0.0313. The molecule has 2 aromatic rings. The third-order valence-corrected chi connectivity index (χ3v) is 4.66. The first-order valence-electron chi connectivity index (χ1n) is 5.55. The van der Waals surface area contributed by atoms with E-state index in [0.717, 1.165) is 5.56 Å². The van der Waals surface area contributed by atoms with Crippen LogP contribution in [-0.2, 0) is 15.6 Å². The van der Waals surface area contributed by atoms with Crippen LogP contribution in [0, 0.1) is 6.92 Å². The van der Waals surface area contributed by atoms with Gasteiger partial charge in [-0.1, -0.05) is 35.5 Å². The summed E-state index contributed by atoms with van der Waals surface area (Å²) < 4.78 is 29.3. The molecule has 0 saturated carbocycles. The molecular weight excluding hydrogens is 252 g/mol. The maximum atomic E-state index is 12.2. The molecule has 0 amide bonds. The first-order valence-corrected chi connectivity index (χ1v) is 7.26. The highest BCUT2D eigenvalue weighted by atomic mass is 32.2. The lowest BCUT2D eigenvalue weighted by Crippen LogP contribution is -2.13. The van der Waals surface area contributed by atoms with Crippen LogP contribution in [0.2, 0.25) is 0 Å². The van der Waals surface area contributed by atoms with Crippen LogP contribution in [0.1, 0.15) is 29.5 Å². The summed E-state index contributed by atoms with van der Waals surface area (Å²) in [6.07, 6.45) is 0. The molecule has 1 unspecified atom stereocenters. The van der Waals surface area contributed by atoms with E-state index in [1.165, 1.54) is 0 Å². The third-order valence-electron chi connectivity index (χ3n) is 2.64. The maximum absolute atomic E-state index is 12.2. The lowest BCUT2D eigenvalue weighted by Gasteiger charge is -2.08. The van der Waals surface area contributed by atoms with Gasteiger partial charge in [0.2, 0.25) is 5.89 Å². The van der Waals surface area contributed by atoms with E-state index in [9.17, 15) is 8.42 Å². The van der Waals surface area contributed by atoms with Gasteiger partial charge in [0.05, 0.1) is 5.75 Å². The molecule has 2 rings (SSSR count). The Morgan fingerprint density at radius 3 is 2.50 bits per heavy atom. The predicted octanol–water partition coefficient (Wildman–Crippen LogP) is 2.05. The van der Waals surface area contributed by atoms with E-state index in [1.807, 2.05) is 18.2 Å². The van der Waals surface area contributed by atoms with Crippen molar-refractivity contribution in [1.82, 2.24) is 10.1 Å². The molecule has 1 aromatic carbocycles. The fraction of sp³-hybridized carbons (Fsp3) is 0.333. The van der Waals surface area contributed by atoms with Crippen molar-refractivity contribution < 1.29 is 12.9 Å². The minimum Gasteiger partial charge on any atom is -0.338 e. The zero-order valence-electron chi connectivity index (χ0n) is 10.2. The Kier molecular flexibility index (Phi) is 3.47. The van der Waals surface area contributed by atoms with Gasteiger partial charge < -0.3 is 4.52 Å². The van der Waals surface area contributed by atoms with E-state index in [0.29, 0.717) is 5.82 Å². The topological polar surface area (TPSA) is 73.1 Å². The molecule has 0 N–H and O–H groups in total. The Morgan fingerprint density at radius 1 is 1.28 bits per heavy atom. The van der Waals surface area contributed by atoms with E-state index >= 15 is 0 Å². The molecule has 1 atom stereocenters. The van der Waals surface area contributed by atoms with E-state index in [-0.39, 0.29) is 11.6 Å². The van der Waals surface area contributed by atoms with Crippen LogP contribution in [0.5, 0.6) is 0 Å². The summed E-state index contributed by atoms with van der Waals surface area (Å²) in [7, 11) is -3.35. The van der Waals surface area contributed by atoms with Gasteiger partial charge in [-0.3, -0.25) is 0 Å². The first-order chi connectivity index (χ1) is 8.49. The minimum atomic E-state index is -3.35. The molecule has 1 aromatic heterocycles. The van der Waals surface area contributed by atoms with Crippen LogP contribution < -0.4 is 0 Å². The van der Waals surface area contributed by atoms with E-state index < -0.39 is 15.1 Å². The summed E-state index contributed by atoms with van der Waals surface area (Å²) in [6.45, 7) is 3.22. The lowest BCUT2D eigenvalue weighted by molar-refractivity contribution is 0.373. The molecule has 1 heterocycles. The van der Waals surface area contributed by atoms with Gasteiger partial charge in [-0.25, -0.2) is 8.42 Å². The summed E-state index contributed by atoms with van der Waals surface area (Å²) >= 11 is 0. The zero-order valence-corrected chi connectivity index (χ0v) is 11.0. The van der Waals surface area contributed by atoms with Crippen molar-refractivity contribution in [2.75, 3.05) is 0 Å². The van der Waals surface area contributed by atoms with Crippen molar-refractivity contribution in [1.29, 1.82) is 0 Å². The Labute approximate surface area is 106 Å². The Hall–Kier alpha value is -1.69. The SMILES string of the molecule is Cc1noc(C(C)S(=O)(=O)Cc2ccccc2)n1. The molecule has 5 nitrogen and oxygen atoms in total. The van der Waals surface area contributed by atoms with Gasteiger partial charge in [-0.15, -0.1) is 0 Å². The van der Waals surface area contributed by atoms with E-state index in [2.05, 4.69) is 10.1 Å². The molecule has 0 spiro atoms. The molecule has 0 aliphatic rings. The highest BCUT2D eigenvalue weighted by molar-refractivity contribution is 7.90. The van der Waals surface area contributed by atoms with Crippen molar-refractivity contribution in [3.63, 3.8) is 0 Å². The maximum Gasteiger partial charge on any atom is 0.244 e. The number of rotatable bonds is 4. The van der Waals surface area contributed by atoms with Crippen LogP contribution in [0.3, 0.4) is 0 Å². The highest BCUT2D eigenvalue weighted by Crippen LogP contribution is 2.23. The fourth-order valence-electron chi connectivity index (χ4n) is 1.56. The van der Waals surface area contributed by atoms with Crippen molar-refractivity contribution in [2.24, 2.45) is 0 Å². The smallest absolute Gasteiger partial charge is 0.244 e. The quantitative estimate of drug-likeness (QED) is 0.846. The van der Waals surface area contributed by atoms with E-state index in [1.54, 1.807) is 26.0 Å². The number of sulfone groups is 1. The fourth-order valence-corrected chi connectivity index (χ4v) is 2.87. The molecule has 96 valence electrons. The monoisotopic (exact) mass is 266 g/mol. The summed E-state index contributed by atoms with van der Waals surface area (Å²) in [5.74, 6) is 0.548. The van der Waals surface area contributed by atoms with Gasteiger partial charge in [0.1, 0.15) is 5.25 Å². The van der Waals surface area contributed by atoms with Gasteiger partial charge >= 0.3 is 0 Å². The first kappa shape index (κ1) is 12.8. The summed E-state index contributed by atoms with van der Waals surface area (Å²) in [4.78, 5) is 3.96. The summed E-state index contributed by atoms with van der Waals surface area (Å²) in [5, 5.41) is 2.82. The number of nitrogens with zero attached hydrogens (tertiary/aromatic N) is 2. The lowest BCUT2D eigenvalue weighted by atomic mass is 10.2. The van der Waals surface area contributed by atoms with Crippen LogP contribution in [-0.4, -0.2) is 18.6 Å². The number of aromatic nitrogens is 2. The molecule has 0 fully saturated rings. The van der Waals surface area contributed by atoms with Gasteiger partial charge in [0, 0.05) is 0 Å². The van der Waals surface area contributed by atoms with Crippen LogP contribution in [0.15, 0.2) is 34.9 Å². The van der Waals surface area contributed by atoms with Gasteiger partial charge in [-0.05, 0) is 19.4 Å². The number of benzene rings is 1. The standard InChI is InChI=1S/C12H14N2O3S/c1-9(12-13-10(2)14-17-12)18(15,16)8-11-6-4-3-5-7-11/h3-7,9H,8H2,1-2H3. The number of hydrogen-bond donors (Lipinski definition) is 0. The predicted molar refractivity (Wildman–Crippen MR) is 66.5 cm³/mol. The van der Waals surface area contributed by atoms with Gasteiger partial charge in [-0.2, -0.15) is 4.98 Å². The second-order valence-corrected chi connectivity index (χ2v) is 6.44. The molecule has 6 heteroatoms. The van der Waals surface area contributed by atoms with Crippen molar-refractivity contribution in [2.45, 2.75) is 24.9 Å². The van der Waals surface area contributed by atoms with Crippen LogP contribution >= 0.6 is 0 Å². The molecular formula is C12H14N2O3S. The Bertz CT molecular complexity index is 620. The van der Waals surface area contributed by atoms with Crippen molar-refractivity contribution in [3.05, 3.63) is 47.6 Å². The second kappa shape index (κ2) is 4.89. The zero-order chi connectivity index (χ0) is 13.2. The average molecular weight is 266 g/mol. The number of hydrogen-bond acceptors (Lipinski definition) is 5. The van der Waals surface area contributed by atoms with Gasteiger partial charge in [0.25, 0.3) is 0 Å². The second-order valence-electron chi connectivity index (χ2n) is 4.11. The normalized spacial score (nSPS) is 13.4. The molecule has 0 radical (unpaired) electrons. The van der Waals surface area contributed by atoms with Crippen LogP contribution in [0.4, 0.5) is 0 Å². The molecule has 0 saturated heterocycles. The average Bonchev–Trinajstić information content (AvgIpc) is 2.75. The highest BCUT2D eigenvalue weighted by Gasteiger charge is 2.27. The van der Waals surface area contributed by atoms with Crippen molar-refractivity contribution in [3.8, 4) is 0 Å². The molecule has 0 aliphatic carbocycles. The van der Waals surface area contributed by atoms with Gasteiger partial charge in [0.15, 0.2) is 15.7 Å². The summed E-state index contributed by atoms with van der Waals surface area (Å²) in [6, 6.07) is 9.03. The summed E-state index contributed by atoms with van der Waals surface area (Å²) in [5.41, 5.74) is 0.751. The number of aryl methyl sites for hydroxylation is 1. The van der Waals surface area contributed by atoms with Crippen molar-refractivity contribution >= 4 is 9.84 Å². The Balaban J connectivity index is 2.21. The Morgan fingerprint density at radius 2 is 1.94 bits per heavy atom. The van der Waals surface area contributed by atoms with E-state index in [4.69, 9.17) is 4.52 Å². The third kappa shape index (κ3) is 2.76. The largest absolute Gasteiger partial charge is 0.338 e.